The Balaban J connectivity index is 1.95. The quantitative estimate of drug-likeness (QED) is 0.650. The minimum atomic E-state index is -0.745. The van der Waals surface area contributed by atoms with Gasteiger partial charge in [-0.15, -0.1) is 0 Å². The lowest BCUT2D eigenvalue weighted by molar-refractivity contribution is -0.121. The molecule has 9 heteroatoms. The lowest BCUT2D eigenvalue weighted by atomic mass is 10.2. The van der Waals surface area contributed by atoms with Crippen molar-refractivity contribution < 1.29 is 33.4 Å². The molecule has 0 spiro atoms. The van der Waals surface area contributed by atoms with Crippen LogP contribution in [0.5, 0.6) is 11.5 Å². The van der Waals surface area contributed by atoms with E-state index in [0.29, 0.717) is 11.5 Å². The molecule has 0 fully saturated rings. The Morgan fingerprint density at radius 2 is 0.963 bits per heavy atom. The van der Waals surface area contributed by atoms with Gasteiger partial charge in [-0.05, 0) is 48.5 Å². The van der Waals surface area contributed by atoms with E-state index in [1.807, 2.05) is 0 Å². The van der Waals surface area contributed by atoms with Crippen molar-refractivity contribution in [3.8, 4) is 11.5 Å². The molecule has 0 heterocycles. The van der Waals surface area contributed by atoms with Gasteiger partial charge in [-0.3, -0.25) is 9.59 Å². The first-order valence-electron chi connectivity index (χ1n) is 7.64. The highest BCUT2D eigenvalue weighted by molar-refractivity contribution is 5.91. The second-order valence-electron chi connectivity index (χ2n) is 5.24. The molecule has 0 aliphatic heterocycles. The zero-order valence-electron chi connectivity index (χ0n) is 14.0. The van der Waals surface area contributed by atoms with Crippen LogP contribution in [-0.2, 0) is 19.1 Å². The summed E-state index contributed by atoms with van der Waals surface area (Å²) in [6.07, 6.45) is 0. The summed E-state index contributed by atoms with van der Waals surface area (Å²) < 4.78 is 15.0. The van der Waals surface area contributed by atoms with Gasteiger partial charge in [0.05, 0.1) is 11.1 Å². The van der Waals surface area contributed by atoms with Crippen LogP contribution in [0, 0.1) is 0 Å². The maximum atomic E-state index is 11.7. The minimum absolute atomic E-state index is 0.233. The van der Waals surface area contributed by atoms with Gasteiger partial charge < -0.3 is 25.7 Å². The van der Waals surface area contributed by atoms with Crippen LogP contribution in [0.2, 0.25) is 0 Å². The van der Waals surface area contributed by atoms with Crippen LogP contribution < -0.4 is 16.2 Å². The molecule has 0 aliphatic carbocycles. The van der Waals surface area contributed by atoms with Crippen LogP contribution in [0.1, 0.15) is 20.7 Å². The highest BCUT2D eigenvalue weighted by Crippen LogP contribution is 2.22. The van der Waals surface area contributed by atoms with E-state index in [0.717, 1.165) is 0 Å². The molecule has 0 unspecified atom stereocenters. The Bertz CT molecular complexity index is 774. The van der Waals surface area contributed by atoms with Crippen molar-refractivity contribution in [2.45, 2.75) is 0 Å². The summed E-state index contributed by atoms with van der Waals surface area (Å²) in [5, 5.41) is 0. The van der Waals surface area contributed by atoms with Crippen LogP contribution in [0.15, 0.2) is 48.5 Å². The smallest absolute Gasteiger partial charge is 0.338 e. The molecule has 2 rings (SSSR count). The van der Waals surface area contributed by atoms with Crippen LogP contribution in [0.25, 0.3) is 0 Å². The first-order chi connectivity index (χ1) is 12.8. The molecule has 0 bridgehead atoms. The summed E-state index contributed by atoms with van der Waals surface area (Å²) in [5.74, 6) is -1.98. The normalized spacial score (nSPS) is 9.93. The fourth-order valence-corrected chi connectivity index (χ4v) is 1.89. The highest BCUT2D eigenvalue weighted by Gasteiger charge is 2.10. The number of benzene rings is 2. The maximum absolute atomic E-state index is 11.7. The van der Waals surface area contributed by atoms with Gasteiger partial charge in [0, 0.05) is 0 Å². The molecule has 9 nitrogen and oxygen atoms in total. The maximum Gasteiger partial charge on any atom is 0.338 e. The van der Waals surface area contributed by atoms with Crippen molar-refractivity contribution in [3.63, 3.8) is 0 Å². The van der Waals surface area contributed by atoms with Gasteiger partial charge >= 0.3 is 11.9 Å². The zero-order chi connectivity index (χ0) is 19.8. The number of carbonyl (C=O) groups is 4. The molecular formula is C18H16N2O7. The van der Waals surface area contributed by atoms with Crippen molar-refractivity contribution in [2.24, 2.45) is 11.5 Å². The summed E-state index contributed by atoms with van der Waals surface area (Å²) in [6.45, 7) is -0.989. The van der Waals surface area contributed by atoms with Gasteiger partial charge in [0.1, 0.15) is 11.5 Å². The van der Waals surface area contributed by atoms with Crippen LogP contribution in [0.3, 0.4) is 0 Å². The van der Waals surface area contributed by atoms with Crippen molar-refractivity contribution in [1.82, 2.24) is 0 Å². The van der Waals surface area contributed by atoms with Crippen LogP contribution in [-0.4, -0.2) is 37.0 Å². The first-order valence-corrected chi connectivity index (χ1v) is 7.64. The summed E-state index contributed by atoms with van der Waals surface area (Å²) in [6, 6.07) is 12.0. The fraction of sp³-hybridized carbons (Fsp3) is 0.111. The fourth-order valence-electron chi connectivity index (χ4n) is 1.89. The number of hydrogen-bond donors (Lipinski definition) is 2. The Hall–Kier alpha value is -3.88. The highest BCUT2D eigenvalue weighted by atomic mass is 16.5. The molecule has 27 heavy (non-hydrogen) atoms. The molecule has 0 aliphatic rings. The number of hydrogen-bond acceptors (Lipinski definition) is 7. The van der Waals surface area contributed by atoms with E-state index >= 15 is 0 Å². The van der Waals surface area contributed by atoms with Crippen LogP contribution in [0.4, 0.5) is 0 Å². The molecule has 4 N–H and O–H groups in total. The number of nitrogens with two attached hydrogens (primary N) is 2. The van der Waals surface area contributed by atoms with E-state index in [4.69, 9.17) is 25.7 Å². The molecule has 2 aromatic carbocycles. The summed E-state index contributed by atoms with van der Waals surface area (Å²) in [5.41, 5.74) is 10.3. The van der Waals surface area contributed by atoms with Gasteiger partial charge in [0.15, 0.2) is 13.2 Å². The number of esters is 2. The molecule has 140 valence electrons. The largest absolute Gasteiger partial charge is 0.457 e. The molecule has 0 saturated carbocycles. The van der Waals surface area contributed by atoms with Gasteiger partial charge in [0.2, 0.25) is 0 Å². The van der Waals surface area contributed by atoms with E-state index in [9.17, 15) is 19.2 Å². The van der Waals surface area contributed by atoms with Gasteiger partial charge in [-0.25, -0.2) is 9.59 Å². The van der Waals surface area contributed by atoms with E-state index in [1.165, 1.54) is 48.5 Å². The van der Waals surface area contributed by atoms with E-state index < -0.39 is 37.0 Å². The third-order valence-corrected chi connectivity index (χ3v) is 3.11. The molecule has 0 saturated heterocycles. The first kappa shape index (κ1) is 19.4. The predicted molar refractivity (Wildman–Crippen MR) is 91.9 cm³/mol. The second kappa shape index (κ2) is 8.99. The number of carbonyl (C=O) groups excluding carboxylic acids is 4. The van der Waals surface area contributed by atoms with E-state index in [2.05, 4.69) is 0 Å². The van der Waals surface area contributed by atoms with Crippen LogP contribution >= 0.6 is 0 Å². The van der Waals surface area contributed by atoms with Crippen molar-refractivity contribution in [1.29, 1.82) is 0 Å². The predicted octanol–water partition coefficient (Wildman–Crippen LogP) is 0.763. The number of ether oxygens (including phenoxy) is 3. The Morgan fingerprint density at radius 1 is 0.630 bits per heavy atom. The standard InChI is InChI=1S/C18H16N2O7/c19-15(21)9-25-17(23)11-1-5-13(6-2-11)27-14-7-3-12(4-8-14)18(24)26-10-16(20)22/h1-8H,9-10H2,(H2,19,21)(H2,20,22). The zero-order valence-corrected chi connectivity index (χ0v) is 14.0. The lowest BCUT2D eigenvalue weighted by Gasteiger charge is -2.08. The Kier molecular flexibility index (Phi) is 6.48. The van der Waals surface area contributed by atoms with E-state index in [-0.39, 0.29) is 11.1 Å². The lowest BCUT2D eigenvalue weighted by Crippen LogP contribution is -2.20. The molecule has 0 atom stereocenters. The summed E-state index contributed by atoms with van der Waals surface area (Å²) >= 11 is 0. The van der Waals surface area contributed by atoms with Gasteiger partial charge in [0.25, 0.3) is 11.8 Å². The average Bonchev–Trinajstić information content (AvgIpc) is 2.65. The summed E-state index contributed by atoms with van der Waals surface area (Å²) in [4.78, 5) is 44.5. The van der Waals surface area contributed by atoms with Crippen molar-refractivity contribution in [3.05, 3.63) is 59.7 Å². The number of amides is 2. The van der Waals surface area contributed by atoms with Crippen molar-refractivity contribution in [2.75, 3.05) is 13.2 Å². The average molecular weight is 372 g/mol. The molecule has 0 aromatic heterocycles. The third kappa shape index (κ3) is 6.16. The monoisotopic (exact) mass is 372 g/mol. The molecule has 2 aromatic rings. The number of primary amides is 2. The SMILES string of the molecule is NC(=O)COC(=O)c1ccc(Oc2ccc(C(=O)OCC(N)=O)cc2)cc1. The van der Waals surface area contributed by atoms with Gasteiger partial charge in [-0.1, -0.05) is 0 Å². The molecular weight excluding hydrogens is 356 g/mol. The number of rotatable bonds is 8. The minimum Gasteiger partial charge on any atom is -0.457 e. The Labute approximate surface area is 153 Å². The van der Waals surface area contributed by atoms with Crippen molar-refractivity contribution >= 4 is 23.8 Å². The molecule has 0 radical (unpaired) electrons. The topological polar surface area (TPSA) is 148 Å². The molecule has 2 amide bonds. The van der Waals surface area contributed by atoms with Gasteiger partial charge in [-0.2, -0.15) is 0 Å². The summed E-state index contributed by atoms with van der Waals surface area (Å²) in [7, 11) is 0. The van der Waals surface area contributed by atoms with E-state index in [1.54, 1.807) is 0 Å². The third-order valence-electron chi connectivity index (χ3n) is 3.11. The Morgan fingerprint density at radius 3 is 1.26 bits per heavy atom. The second-order valence-corrected chi connectivity index (χ2v) is 5.24.